The van der Waals surface area contributed by atoms with Crippen molar-refractivity contribution in [2.45, 2.75) is 6.18 Å². The number of alkyl halides is 3. The van der Waals surface area contributed by atoms with E-state index in [9.17, 15) is 18.0 Å². The van der Waals surface area contributed by atoms with Gasteiger partial charge in [-0.1, -0.05) is 23.7 Å². The summed E-state index contributed by atoms with van der Waals surface area (Å²) in [7, 11) is 0. The molecule has 1 N–H and O–H groups in total. The summed E-state index contributed by atoms with van der Waals surface area (Å²) in [4.78, 5) is 12.1. The number of benzene rings is 3. The second-order valence-electron chi connectivity index (χ2n) is 5.87. The van der Waals surface area contributed by atoms with Crippen molar-refractivity contribution in [1.82, 2.24) is 5.43 Å². The third-order valence-electron chi connectivity index (χ3n) is 3.80. The van der Waals surface area contributed by atoms with Crippen LogP contribution in [0.25, 0.3) is 0 Å². The van der Waals surface area contributed by atoms with Crippen LogP contribution in [0, 0.1) is 0 Å². The van der Waals surface area contributed by atoms with E-state index in [1.54, 1.807) is 48.5 Å². The molecule has 0 aliphatic rings. The molecule has 0 fully saturated rings. The van der Waals surface area contributed by atoms with Gasteiger partial charge in [-0.05, 0) is 60.7 Å². The van der Waals surface area contributed by atoms with Gasteiger partial charge in [-0.3, -0.25) is 4.79 Å². The molecule has 0 spiro atoms. The fraction of sp³-hybridized carbons (Fsp3) is 0.0476. The monoisotopic (exact) mass is 418 g/mol. The smallest absolute Gasteiger partial charge is 0.416 e. The number of rotatable bonds is 5. The minimum absolute atomic E-state index is 0.0563. The van der Waals surface area contributed by atoms with Crippen molar-refractivity contribution in [2.75, 3.05) is 0 Å². The maximum absolute atomic E-state index is 12.6. The van der Waals surface area contributed by atoms with Crippen LogP contribution in [-0.2, 0) is 6.18 Å². The van der Waals surface area contributed by atoms with Crippen molar-refractivity contribution >= 4 is 23.7 Å². The molecule has 8 heteroatoms. The quantitative estimate of drug-likeness (QED) is 0.413. The van der Waals surface area contributed by atoms with Crippen molar-refractivity contribution in [3.05, 3.63) is 94.5 Å². The van der Waals surface area contributed by atoms with Gasteiger partial charge in [-0.15, -0.1) is 0 Å². The Morgan fingerprint density at radius 2 is 1.62 bits per heavy atom. The van der Waals surface area contributed by atoms with Crippen molar-refractivity contribution in [2.24, 2.45) is 5.10 Å². The highest BCUT2D eigenvalue weighted by Crippen LogP contribution is 2.29. The van der Waals surface area contributed by atoms with E-state index in [0.717, 1.165) is 24.3 Å². The van der Waals surface area contributed by atoms with Gasteiger partial charge in [0.05, 0.1) is 11.8 Å². The molecule has 0 atom stereocenters. The third-order valence-corrected chi connectivity index (χ3v) is 4.06. The minimum Gasteiger partial charge on any atom is -0.457 e. The van der Waals surface area contributed by atoms with Crippen molar-refractivity contribution < 1.29 is 22.7 Å². The Balaban J connectivity index is 1.67. The topological polar surface area (TPSA) is 50.7 Å². The molecule has 3 aromatic carbocycles. The van der Waals surface area contributed by atoms with E-state index in [2.05, 4.69) is 10.5 Å². The molecule has 0 radical (unpaired) electrons. The van der Waals surface area contributed by atoms with Gasteiger partial charge in [0, 0.05) is 16.1 Å². The van der Waals surface area contributed by atoms with Crippen molar-refractivity contribution in [3.63, 3.8) is 0 Å². The molecular formula is C21H14ClF3N2O2. The maximum Gasteiger partial charge on any atom is 0.416 e. The predicted molar refractivity (Wildman–Crippen MR) is 104 cm³/mol. The van der Waals surface area contributed by atoms with Crippen LogP contribution in [0.1, 0.15) is 21.5 Å². The number of ether oxygens (including phenoxy) is 1. The summed E-state index contributed by atoms with van der Waals surface area (Å²) in [6.07, 6.45) is -3.08. The Morgan fingerprint density at radius 1 is 0.966 bits per heavy atom. The lowest BCUT2D eigenvalue weighted by atomic mass is 10.1. The molecular weight excluding hydrogens is 405 g/mol. The number of halogens is 4. The summed E-state index contributed by atoms with van der Waals surface area (Å²) in [6, 6.07) is 17.7. The van der Waals surface area contributed by atoms with E-state index in [-0.39, 0.29) is 5.56 Å². The first-order valence-corrected chi connectivity index (χ1v) is 8.74. The molecule has 0 aliphatic carbocycles. The first-order valence-electron chi connectivity index (χ1n) is 8.36. The molecule has 0 aromatic heterocycles. The van der Waals surface area contributed by atoms with E-state index in [1.165, 1.54) is 6.21 Å². The van der Waals surface area contributed by atoms with Crippen molar-refractivity contribution in [3.8, 4) is 11.5 Å². The Morgan fingerprint density at radius 3 is 2.28 bits per heavy atom. The lowest BCUT2D eigenvalue weighted by Gasteiger charge is -2.08. The van der Waals surface area contributed by atoms with Crippen LogP contribution >= 0.6 is 11.6 Å². The van der Waals surface area contributed by atoms with Crippen LogP contribution in [0.2, 0.25) is 5.02 Å². The molecule has 0 bridgehead atoms. The predicted octanol–water partition coefficient (Wildman–Crippen LogP) is 5.92. The molecule has 4 nitrogen and oxygen atoms in total. The van der Waals surface area contributed by atoms with Gasteiger partial charge in [0.15, 0.2) is 0 Å². The first kappa shape index (κ1) is 20.4. The van der Waals surface area contributed by atoms with Gasteiger partial charge in [0.2, 0.25) is 0 Å². The van der Waals surface area contributed by atoms with E-state index < -0.39 is 17.6 Å². The van der Waals surface area contributed by atoms with Gasteiger partial charge in [-0.25, -0.2) is 5.43 Å². The summed E-state index contributed by atoms with van der Waals surface area (Å²) in [5.41, 5.74) is 2.10. The summed E-state index contributed by atoms with van der Waals surface area (Å²) in [6.45, 7) is 0. The fourth-order valence-corrected chi connectivity index (χ4v) is 2.47. The highest BCUT2D eigenvalue weighted by atomic mass is 35.5. The molecule has 0 saturated heterocycles. The molecule has 0 saturated carbocycles. The highest BCUT2D eigenvalue weighted by molar-refractivity contribution is 6.30. The SMILES string of the molecule is O=C(N/N=C/c1ccccc1Oc1ccc(Cl)cc1)c1ccc(C(F)(F)F)cc1. The zero-order valence-corrected chi connectivity index (χ0v) is 15.5. The third kappa shape index (κ3) is 5.58. The van der Waals surface area contributed by atoms with Gasteiger partial charge in [0.1, 0.15) is 11.5 Å². The molecule has 3 rings (SSSR count). The van der Waals surface area contributed by atoms with Gasteiger partial charge < -0.3 is 4.74 Å². The number of hydrazone groups is 1. The molecule has 0 heterocycles. The molecule has 0 aliphatic heterocycles. The lowest BCUT2D eigenvalue weighted by Crippen LogP contribution is -2.18. The number of nitrogens with zero attached hydrogens (tertiary/aromatic N) is 1. The zero-order chi connectivity index (χ0) is 20.9. The van der Waals surface area contributed by atoms with Crippen molar-refractivity contribution in [1.29, 1.82) is 0 Å². The highest BCUT2D eigenvalue weighted by Gasteiger charge is 2.30. The van der Waals surface area contributed by atoms with Crippen LogP contribution in [-0.4, -0.2) is 12.1 Å². The molecule has 3 aromatic rings. The number of amides is 1. The number of para-hydroxylation sites is 1. The van der Waals surface area contributed by atoms with Gasteiger partial charge >= 0.3 is 6.18 Å². The summed E-state index contributed by atoms with van der Waals surface area (Å²) >= 11 is 5.85. The summed E-state index contributed by atoms with van der Waals surface area (Å²) < 4.78 is 43.5. The first-order chi connectivity index (χ1) is 13.8. The van der Waals surface area contributed by atoms with Crippen LogP contribution in [0.3, 0.4) is 0 Å². The van der Waals surface area contributed by atoms with Gasteiger partial charge in [-0.2, -0.15) is 18.3 Å². The Bertz CT molecular complexity index is 1020. The number of carbonyl (C=O) groups excluding carboxylic acids is 1. The summed E-state index contributed by atoms with van der Waals surface area (Å²) in [5, 5.41) is 4.44. The molecule has 0 unspecified atom stereocenters. The second kappa shape index (κ2) is 8.79. The summed E-state index contributed by atoms with van der Waals surface area (Å²) in [5.74, 6) is 0.442. The van der Waals surface area contributed by atoms with E-state index >= 15 is 0 Å². The van der Waals surface area contributed by atoms with E-state index in [0.29, 0.717) is 22.1 Å². The number of hydrogen-bond acceptors (Lipinski definition) is 3. The van der Waals surface area contributed by atoms with Crippen LogP contribution in [0.5, 0.6) is 11.5 Å². The standard InChI is InChI=1S/C21H14ClF3N2O2/c22-17-9-11-18(12-10-17)29-19-4-2-1-3-15(19)13-26-27-20(28)14-5-7-16(8-6-14)21(23,24)25/h1-13H,(H,27,28)/b26-13+. The largest absolute Gasteiger partial charge is 0.457 e. The Hall–Kier alpha value is -3.32. The lowest BCUT2D eigenvalue weighted by molar-refractivity contribution is -0.137. The minimum atomic E-state index is -4.46. The average Bonchev–Trinajstić information content (AvgIpc) is 2.70. The Kier molecular flexibility index (Phi) is 6.19. The number of carbonyl (C=O) groups is 1. The van der Waals surface area contributed by atoms with Gasteiger partial charge in [0.25, 0.3) is 5.91 Å². The van der Waals surface area contributed by atoms with Crippen LogP contribution < -0.4 is 10.2 Å². The second-order valence-corrected chi connectivity index (χ2v) is 6.30. The number of hydrogen-bond donors (Lipinski definition) is 1. The van der Waals surface area contributed by atoms with E-state index in [1.807, 2.05) is 0 Å². The van der Waals surface area contributed by atoms with Crippen LogP contribution in [0.4, 0.5) is 13.2 Å². The number of nitrogens with one attached hydrogen (secondary N) is 1. The zero-order valence-electron chi connectivity index (χ0n) is 14.8. The average molecular weight is 419 g/mol. The fourth-order valence-electron chi connectivity index (χ4n) is 2.35. The van der Waals surface area contributed by atoms with Crippen LogP contribution in [0.15, 0.2) is 77.9 Å². The molecule has 1 amide bonds. The molecule has 148 valence electrons. The molecule has 29 heavy (non-hydrogen) atoms. The Labute approximate surface area is 169 Å². The normalized spacial score (nSPS) is 11.4. The maximum atomic E-state index is 12.6. The van der Waals surface area contributed by atoms with E-state index in [4.69, 9.17) is 16.3 Å².